The van der Waals surface area contributed by atoms with E-state index in [2.05, 4.69) is 15.3 Å². The third kappa shape index (κ3) is 3.00. The molecule has 2 aliphatic rings. The number of benzene rings is 1. The summed E-state index contributed by atoms with van der Waals surface area (Å²) in [4.78, 5) is 14.9. The SMILES string of the molecule is Cn1ccc([C@@H]2CCCN(C(=O)c3cc(-c4ccc5c(c4)OCO5)n[nH]3)C2)n1. The van der Waals surface area contributed by atoms with Gasteiger partial charge in [-0.25, -0.2) is 0 Å². The van der Waals surface area contributed by atoms with Crippen LogP contribution in [0.1, 0.15) is 34.9 Å². The first-order valence-corrected chi connectivity index (χ1v) is 9.41. The van der Waals surface area contributed by atoms with Crippen LogP contribution < -0.4 is 9.47 Å². The molecule has 2 aliphatic heterocycles. The number of aromatic amines is 1. The van der Waals surface area contributed by atoms with E-state index in [1.165, 1.54) is 0 Å². The summed E-state index contributed by atoms with van der Waals surface area (Å²) in [6.45, 7) is 1.66. The van der Waals surface area contributed by atoms with Crippen molar-refractivity contribution >= 4 is 5.91 Å². The van der Waals surface area contributed by atoms with E-state index in [1.54, 1.807) is 6.07 Å². The first-order chi connectivity index (χ1) is 13.7. The number of piperidine rings is 1. The van der Waals surface area contributed by atoms with Crippen LogP contribution in [0.3, 0.4) is 0 Å². The summed E-state index contributed by atoms with van der Waals surface area (Å²) in [5, 5.41) is 11.7. The van der Waals surface area contributed by atoms with Gasteiger partial charge in [0.1, 0.15) is 5.69 Å². The fourth-order valence-corrected chi connectivity index (χ4v) is 3.86. The zero-order chi connectivity index (χ0) is 19.1. The van der Waals surface area contributed by atoms with Gasteiger partial charge in [-0.1, -0.05) is 0 Å². The molecule has 4 heterocycles. The number of amides is 1. The number of aryl methyl sites for hydroxylation is 1. The van der Waals surface area contributed by atoms with Crippen LogP contribution in [-0.2, 0) is 7.05 Å². The molecule has 0 aliphatic carbocycles. The summed E-state index contributed by atoms with van der Waals surface area (Å²) in [6.07, 6.45) is 3.96. The molecule has 0 radical (unpaired) electrons. The molecule has 2 aromatic heterocycles. The van der Waals surface area contributed by atoms with E-state index in [9.17, 15) is 4.79 Å². The molecule has 144 valence electrons. The minimum absolute atomic E-state index is 0.0277. The van der Waals surface area contributed by atoms with Gasteiger partial charge in [-0.05, 0) is 43.2 Å². The van der Waals surface area contributed by atoms with Crippen LogP contribution in [0.4, 0.5) is 0 Å². The Hall–Kier alpha value is -3.29. The molecule has 3 aromatic rings. The van der Waals surface area contributed by atoms with Gasteiger partial charge in [-0.15, -0.1) is 0 Å². The number of carbonyl (C=O) groups is 1. The molecule has 5 rings (SSSR count). The number of rotatable bonds is 3. The van der Waals surface area contributed by atoms with Crippen molar-refractivity contribution in [2.45, 2.75) is 18.8 Å². The first kappa shape index (κ1) is 16.9. The molecule has 0 spiro atoms. The van der Waals surface area contributed by atoms with Crippen LogP contribution in [0.5, 0.6) is 11.5 Å². The van der Waals surface area contributed by atoms with Gasteiger partial charge in [-0.3, -0.25) is 14.6 Å². The average molecular weight is 379 g/mol. The lowest BCUT2D eigenvalue weighted by Crippen LogP contribution is -2.39. The van der Waals surface area contributed by atoms with Gasteiger partial charge in [0.15, 0.2) is 11.5 Å². The Morgan fingerprint density at radius 2 is 2.11 bits per heavy atom. The maximum absolute atomic E-state index is 13.0. The van der Waals surface area contributed by atoms with Crippen LogP contribution >= 0.6 is 0 Å². The van der Waals surface area contributed by atoms with Gasteiger partial charge in [-0.2, -0.15) is 10.2 Å². The van der Waals surface area contributed by atoms with Gasteiger partial charge in [0, 0.05) is 37.8 Å². The predicted octanol–water partition coefficient (Wildman–Crippen LogP) is 2.56. The van der Waals surface area contributed by atoms with Crippen molar-refractivity contribution in [3.05, 3.63) is 47.9 Å². The smallest absolute Gasteiger partial charge is 0.271 e. The molecule has 1 N–H and O–H groups in total. The molecule has 1 amide bonds. The van der Waals surface area contributed by atoms with Gasteiger partial charge in [0.25, 0.3) is 5.91 Å². The molecular weight excluding hydrogens is 358 g/mol. The Kier molecular flexibility index (Phi) is 4.03. The van der Waals surface area contributed by atoms with Gasteiger partial charge in [0.2, 0.25) is 6.79 Å². The van der Waals surface area contributed by atoms with E-state index < -0.39 is 0 Å². The van der Waals surface area contributed by atoms with Crippen molar-refractivity contribution < 1.29 is 14.3 Å². The van der Waals surface area contributed by atoms with Crippen molar-refractivity contribution in [1.29, 1.82) is 0 Å². The summed E-state index contributed by atoms with van der Waals surface area (Å²) in [5.74, 6) is 1.67. The van der Waals surface area contributed by atoms with Gasteiger partial charge < -0.3 is 14.4 Å². The lowest BCUT2D eigenvalue weighted by atomic mass is 9.95. The highest BCUT2D eigenvalue weighted by molar-refractivity contribution is 5.93. The number of fused-ring (bicyclic) bond motifs is 1. The van der Waals surface area contributed by atoms with E-state index in [1.807, 2.05) is 47.1 Å². The van der Waals surface area contributed by atoms with E-state index in [0.717, 1.165) is 36.4 Å². The Labute approximate surface area is 162 Å². The topological polar surface area (TPSA) is 85.3 Å². The summed E-state index contributed by atoms with van der Waals surface area (Å²) >= 11 is 0. The molecule has 0 unspecified atom stereocenters. The van der Waals surface area contributed by atoms with Crippen molar-refractivity contribution in [2.75, 3.05) is 19.9 Å². The Morgan fingerprint density at radius 3 is 2.96 bits per heavy atom. The molecule has 1 saturated heterocycles. The van der Waals surface area contributed by atoms with E-state index >= 15 is 0 Å². The third-order valence-corrected chi connectivity index (χ3v) is 5.34. The van der Waals surface area contributed by atoms with E-state index in [0.29, 0.717) is 23.7 Å². The second-order valence-electron chi connectivity index (χ2n) is 7.24. The van der Waals surface area contributed by atoms with E-state index in [-0.39, 0.29) is 18.6 Å². The maximum atomic E-state index is 13.0. The minimum atomic E-state index is -0.0277. The molecule has 0 bridgehead atoms. The summed E-state index contributed by atoms with van der Waals surface area (Å²) < 4.78 is 12.6. The minimum Gasteiger partial charge on any atom is -0.454 e. The number of likely N-dealkylation sites (tertiary alicyclic amines) is 1. The molecule has 0 saturated carbocycles. The van der Waals surface area contributed by atoms with Gasteiger partial charge in [0.05, 0.1) is 11.4 Å². The number of carbonyl (C=O) groups excluding carboxylic acids is 1. The van der Waals surface area contributed by atoms with Gasteiger partial charge >= 0.3 is 0 Å². The summed E-state index contributed by atoms with van der Waals surface area (Å²) in [6, 6.07) is 9.48. The highest BCUT2D eigenvalue weighted by atomic mass is 16.7. The van der Waals surface area contributed by atoms with Crippen LogP contribution in [-0.4, -0.2) is 50.7 Å². The molecule has 8 nitrogen and oxygen atoms in total. The largest absolute Gasteiger partial charge is 0.454 e. The fourth-order valence-electron chi connectivity index (χ4n) is 3.86. The predicted molar refractivity (Wildman–Crippen MR) is 101 cm³/mol. The number of hydrogen-bond acceptors (Lipinski definition) is 5. The lowest BCUT2D eigenvalue weighted by molar-refractivity contribution is 0.0699. The number of H-pyrrole nitrogens is 1. The van der Waals surface area contributed by atoms with Crippen LogP contribution in [0, 0.1) is 0 Å². The number of hydrogen-bond donors (Lipinski definition) is 1. The van der Waals surface area contributed by atoms with Crippen molar-refractivity contribution in [3.63, 3.8) is 0 Å². The van der Waals surface area contributed by atoms with Crippen molar-refractivity contribution in [2.24, 2.45) is 7.05 Å². The Morgan fingerprint density at radius 1 is 1.21 bits per heavy atom. The highest BCUT2D eigenvalue weighted by Gasteiger charge is 2.28. The molecule has 8 heteroatoms. The standard InChI is InChI=1S/C20H21N5O3/c1-24-8-6-15(23-24)14-3-2-7-25(11-14)20(26)17-10-16(21-22-17)13-4-5-18-19(9-13)28-12-27-18/h4-6,8-10,14H,2-3,7,11-12H2,1H3,(H,21,22)/t14-/m1/s1. The first-order valence-electron chi connectivity index (χ1n) is 9.41. The average Bonchev–Trinajstić information content (AvgIpc) is 3.47. The summed E-state index contributed by atoms with van der Waals surface area (Å²) in [5.41, 5.74) is 3.13. The highest BCUT2D eigenvalue weighted by Crippen LogP contribution is 2.35. The van der Waals surface area contributed by atoms with Crippen LogP contribution in [0.2, 0.25) is 0 Å². The maximum Gasteiger partial charge on any atom is 0.271 e. The Balaban J connectivity index is 1.33. The summed E-state index contributed by atoms with van der Waals surface area (Å²) in [7, 11) is 1.91. The quantitative estimate of drug-likeness (QED) is 0.756. The van der Waals surface area contributed by atoms with E-state index in [4.69, 9.17) is 9.47 Å². The normalized spacial score (nSPS) is 18.5. The molecule has 28 heavy (non-hydrogen) atoms. The zero-order valence-electron chi connectivity index (χ0n) is 15.6. The number of nitrogens with one attached hydrogen (secondary N) is 1. The van der Waals surface area contributed by atoms with Crippen molar-refractivity contribution in [3.8, 4) is 22.8 Å². The zero-order valence-corrected chi connectivity index (χ0v) is 15.6. The van der Waals surface area contributed by atoms with Crippen molar-refractivity contribution in [1.82, 2.24) is 24.9 Å². The third-order valence-electron chi connectivity index (χ3n) is 5.34. The Bertz CT molecular complexity index is 1020. The lowest BCUT2D eigenvalue weighted by Gasteiger charge is -2.31. The molecule has 1 atom stereocenters. The fraction of sp³-hybridized carbons (Fsp3) is 0.350. The second kappa shape index (κ2) is 6.70. The van der Waals surface area contributed by atoms with Crippen LogP contribution in [0.15, 0.2) is 36.5 Å². The number of ether oxygens (including phenoxy) is 2. The number of aromatic nitrogens is 4. The monoisotopic (exact) mass is 379 g/mol. The van der Waals surface area contributed by atoms with Crippen LogP contribution in [0.25, 0.3) is 11.3 Å². The second-order valence-corrected chi connectivity index (χ2v) is 7.24. The molecular formula is C20H21N5O3. The molecule has 1 fully saturated rings. The molecule has 1 aromatic carbocycles. The number of nitrogens with zero attached hydrogens (tertiary/aromatic N) is 4.